The third-order valence-electron chi connectivity index (χ3n) is 2.67. The molecule has 0 amide bonds. The maximum atomic E-state index is 12.4. The van der Waals surface area contributed by atoms with E-state index in [2.05, 4.69) is 30.8 Å². The highest BCUT2D eigenvalue weighted by atomic mass is 32.2. The lowest BCUT2D eigenvalue weighted by molar-refractivity contribution is 0.269. The van der Waals surface area contributed by atoms with Gasteiger partial charge in [-0.05, 0) is 38.8 Å². The summed E-state index contributed by atoms with van der Waals surface area (Å²) >= 11 is 1.46. The molecule has 0 unspecified atom stereocenters. The van der Waals surface area contributed by atoms with Crippen molar-refractivity contribution in [3.05, 3.63) is 16.3 Å². The van der Waals surface area contributed by atoms with Crippen LogP contribution in [0.4, 0.5) is 0 Å². The molecule has 6 heteroatoms. The summed E-state index contributed by atoms with van der Waals surface area (Å²) < 4.78 is 27.7. The van der Waals surface area contributed by atoms with E-state index in [0.29, 0.717) is 11.4 Å². The Morgan fingerprint density at radius 1 is 1.20 bits per heavy atom. The van der Waals surface area contributed by atoms with E-state index in [1.54, 1.807) is 11.4 Å². The van der Waals surface area contributed by atoms with Gasteiger partial charge in [-0.15, -0.1) is 11.3 Å². The van der Waals surface area contributed by atoms with Crippen LogP contribution in [0.2, 0.25) is 0 Å². The van der Waals surface area contributed by atoms with Crippen LogP contribution in [0, 0.1) is 5.41 Å². The fourth-order valence-corrected chi connectivity index (χ4v) is 5.25. The summed E-state index contributed by atoms with van der Waals surface area (Å²) in [6, 6.07) is 1.73. The van der Waals surface area contributed by atoms with Gasteiger partial charge in [0.2, 0.25) is 10.0 Å². The predicted molar refractivity (Wildman–Crippen MR) is 85.6 cm³/mol. The normalized spacial score (nSPS) is 13.7. The van der Waals surface area contributed by atoms with E-state index in [1.165, 1.54) is 11.3 Å². The minimum atomic E-state index is -3.46. The molecule has 0 saturated carbocycles. The van der Waals surface area contributed by atoms with Crippen molar-refractivity contribution in [2.75, 3.05) is 7.05 Å². The molecule has 116 valence electrons. The molecular weight excluding hydrogens is 292 g/mol. The molecule has 2 N–H and O–H groups in total. The summed E-state index contributed by atoms with van der Waals surface area (Å²) in [7, 11) is -1.61. The molecular formula is C14H26N2O2S2. The number of nitrogens with one attached hydrogen (secondary N) is 2. The van der Waals surface area contributed by atoms with E-state index in [1.807, 2.05) is 20.9 Å². The SMILES string of the molecule is CNCc1cc(S(=O)(=O)NC(C)(C)CC(C)(C)C)cs1. The molecule has 1 aromatic rings. The quantitative estimate of drug-likeness (QED) is 0.848. The summed E-state index contributed by atoms with van der Waals surface area (Å²) in [4.78, 5) is 1.37. The van der Waals surface area contributed by atoms with Gasteiger partial charge in [0.25, 0.3) is 0 Å². The average molecular weight is 319 g/mol. The summed E-state index contributed by atoms with van der Waals surface area (Å²) in [5.74, 6) is 0. The van der Waals surface area contributed by atoms with Gasteiger partial charge in [-0.3, -0.25) is 0 Å². The van der Waals surface area contributed by atoms with E-state index in [4.69, 9.17) is 0 Å². The molecule has 0 aliphatic carbocycles. The summed E-state index contributed by atoms with van der Waals surface area (Å²) in [6.45, 7) is 10.9. The fraction of sp³-hybridized carbons (Fsp3) is 0.714. The van der Waals surface area contributed by atoms with Crippen molar-refractivity contribution in [2.24, 2.45) is 5.41 Å². The van der Waals surface area contributed by atoms with E-state index >= 15 is 0 Å². The molecule has 0 aliphatic rings. The third kappa shape index (κ3) is 5.52. The Kier molecular flexibility index (Phi) is 5.40. The van der Waals surface area contributed by atoms with Gasteiger partial charge in [0, 0.05) is 22.3 Å². The van der Waals surface area contributed by atoms with Crippen molar-refractivity contribution >= 4 is 21.4 Å². The molecule has 0 fully saturated rings. The molecule has 4 nitrogen and oxygen atoms in total. The number of sulfonamides is 1. The lowest BCUT2D eigenvalue weighted by Gasteiger charge is -2.32. The highest BCUT2D eigenvalue weighted by Gasteiger charge is 2.30. The van der Waals surface area contributed by atoms with Gasteiger partial charge >= 0.3 is 0 Å². The maximum Gasteiger partial charge on any atom is 0.241 e. The monoisotopic (exact) mass is 318 g/mol. The van der Waals surface area contributed by atoms with Crippen LogP contribution in [-0.2, 0) is 16.6 Å². The Labute approximate surface area is 127 Å². The number of hydrogen-bond donors (Lipinski definition) is 2. The molecule has 20 heavy (non-hydrogen) atoms. The lowest BCUT2D eigenvalue weighted by Crippen LogP contribution is -2.45. The second-order valence-corrected chi connectivity index (χ2v) is 9.68. The van der Waals surface area contributed by atoms with Crippen molar-refractivity contribution < 1.29 is 8.42 Å². The van der Waals surface area contributed by atoms with E-state index in [0.717, 1.165) is 11.3 Å². The largest absolute Gasteiger partial charge is 0.315 e. The third-order valence-corrected chi connectivity index (χ3v) is 5.44. The zero-order valence-electron chi connectivity index (χ0n) is 13.2. The van der Waals surface area contributed by atoms with Crippen LogP contribution in [0.3, 0.4) is 0 Å². The van der Waals surface area contributed by atoms with Crippen LogP contribution in [-0.4, -0.2) is 21.0 Å². The van der Waals surface area contributed by atoms with Crippen molar-refractivity contribution in [3.8, 4) is 0 Å². The van der Waals surface area contributed by atoms with Crippen molar-refractivity contribution in [1.82, 2.24) is 10.0 Å². The van der Waals surface area contributed by atoms with Crippen molar-refractivity contribution in [3.63, 3.8) is 0 Å². The van der Waals surface area contributed by atoms with Crippen LogP contribution in [0.5, 0.6) is 0 Å². The minimum Gasteiger partial charge on any atom is -0.315 e. The molecule has 0 aliphatic heterocycles. The first kappa shape index (κ1) is 17.6. The highest BCUT2D eigenvalue weighted by Crippen LogP contribution is 2.29. The molecule has 0 spiro atoms. The molecule has 0 saturated heterocycles. The van der Waals surface area contributed by atoms with Crippen LogP contribution >= 0.6 is 11.3 Å². The van der Waals surface area contributed by atoms with Gasteiger partial charge in [0.1, 0.15) is 0 Å². The first-order valence-corrected chi connectivity index (χ1v) is 9.07. The minimum absolute atomic E-state index is 0.0674. The van der Waals surface area contributed by atoms with Gasteiger partial charge in [-0.1, -0.05) is 20.8 Å². The molecule has 0 radical (unpaired) electrons. The average Bonchev–Trinajstić information content (AvgIpc) is 2.61. The molecule has 1 aromatic heterocycles. The second-order valence-electron chi connectivity index (χ2n) is 7.01. The standard InChI is InChI=1S/C14H26N2O2S2/c1-13(2,3)10-14(4,5)16-20(17,18)12-7-11(8-15-6)19-9-12/h7,9,15-16H,8,10H2,1-6H3. The zero-order valence-corrected chi connectivity index (χ0v) is 14.8. The van der Waals surface area contributed by atoms with Gasteiger partial charge in [0.05, 0.1) is 4.90 Å². The topological polar surface area (TPSA) is 58.2 Å². The summed E-state index contributed by atoms with van der Waals surface area (Å²) in [5.41, 5.74) is -0.403. The Balaban J connectivity index is 2.88. The number of thiophene rings is 1. The summed E-state index contributed by atoms with van der Waals surface area (Å²) in [6.07, 6.45) is 0.771. The summed E-state index contributed by atoms with van der Waals surface area (Å²) in [5, 5.41) is 4.72. The molecule has 1 rings (SSSR count). The number of hydrogen-bond acceptors (Lipinski definition) is 4. The zero-order chi connectivity index (χ0) is 15.6. The van der Waals surface area contributed by atoms with Crippen LogP contribution in [0.15, 0.2) is 16.3 Å². The Morgan fingerprint density at radius 2 is 1.80 bits per heavy atom. The van der Waals surface area contributed by atoms with Crippen LogP contribution in [0.1, 0.15) is 45.9 Å². The van der Waals surface area contributed by atoms with E-state index in [-0.39, 0.29) is 5.41 Å². The number of rotatable bonds is 6. The predicted octanol–water partition coefficient (Wildman–Crippen LogP) is 2.96. The fourth-order valence-electron chi connectivity index (χ4n) is 2.55. The Hall–Kier alpha value is -0.430. The van der Waals surface area contributed by atoms with E-state index < -0.39 is 15.6 Å². The first-order valence-electron chi connectivity index (χ1n) is 6.71. The smallest absolute Gasteiger partial charge is 0.241 e. The van der Waals surface area contributed by atoms with Gasteiger partial charge in [-0.2, -0.15) is 0 Å². The van der Waals surface area contributed by atoms with Crippen LogP contribution in [0.25, 0.3) is 0 Å². The lowest BCUT2D eigenvalue weighted by atomic mass is 9.82. The van der Waals surface area contributed by atoms with Gasteiger partial charge in [-0.25, -0.2) is 13.1 Å². The Morgan fingerprint density at radius 3 is 2.30 bits per heavy atom. The van der Waals surface area contributed by atoms with Crippen molar-refractivity contribution in [1.29, 1.82) is 0 Å². The molecule has 0 atom stereocenters. The maximum absolute atomic E-state index is 12.4. The molecule has 0 aromatic carbocycles. The van der Waals surface area contributed by atoms with Crippen molar-refractivity contribution in [2.45, 2.75) is 58.0 Å². The highest BCUT2D eigenvalue weighted by molar-refractivity contribution is 7.89. The van der Waals surface area contributed by atoms with Gasteiger partial charge < -0.3 is 5.32 Å². The first-order chi connectivity index (χ1) is 8.95. The van der Waals surface area contributed by atoms with E-state index in [9.17, 15) is 8.42 Å². The van der Waals surface area contributed by atoms with Gasteiger partial charge in [0.15, 0.2) is 0 Å². The second kappa shape index (κ2) is 6.13. The molecule has 0 bridgehead atoms. The molecule has 1 heterocycles. The van der Waals surface area contributed by atoms with Crippen LogP contribution < -0.4 is 10.0 Å². The Bertz CT molecular complexity index is 540.